The quantitative estimate of drug-likeness (QED) is 0.323. The summed E-state index contributed by atoms with van der Waals surface area (Å²) in [5.74, 6) is -0.610. The van der Waals surface area contributed by atoms with Crippen LogP contribution in [0.3, 0.4) is 0 Å². The van der Waals surface area contributed by atoms with Gasteiger partial charge < -0.3 is 4.74 Å². The van der Waals surface area contributed by atoms with Gasteiger partial charge in [0.05, 0.1) is 6.61 Å². The minimum absolute atomic E-state index is 0.0833. The lowest BCUT2D eigenvalue weighted by Gasteiger charge is -2.38. The van der Waals surface area contributed by atoms with Crippen LogP contribution in [0.1, 0.15) is 84.0 Å². The van der Waals surface area contributed by atoms with E-state index in [1.54, 1.807) is 0 Å². The zero-order valence-electron chi connectivity index (χ0n) is 17.2. The smallest absolute Gasteiger partial charge is 0.194 e. The van der Waals surface area contributed by atoms with Crippen molar-refractivity contribution in [2.24, 2.45) is 23.7 Å². The molecule has 0 unspecified atom stereocenters. The average molecular weight is 397 g/mol. The van der Waals surface area contributed by atoms with Gasteiger partial charge in [-0.25, -0.2) is 13.2 Å². The Balaban J connectivity index is 1.36. The molecular weight excluding hydrogens is 361 g/mol. The van der Waals surface area contributed by atoms with Crippen molar-refractivity contribution in [1.82, 2.24) is 0 Å². The molecule has 1 aromatic carbocycles. The van der Waals surface area contributed by atoms with E-state index >= 15 is 0 Å². The largest absolute Gasteiger partial charge is 0.493 e. The molecule has 2 aliphatic rings. The Hall–Kier alpha value is -1.19. The summed E-state index contributed by atoms with van der Waals surface area (Å²) >= 11 is 0. The minimum Gasteiger partial charge on any atom is -0.493 e. The first-order chi connectivity index (χ1) is 13.6. The molecule has 1 aromatic rings. The molecule has 3 rings (SSSR count). The summed E-state index contributed by atoms with van der Waals surface area (Å²) < 4.78 is 45.1. The van der Waals surface area contributed by atoms with Gasteiger partial charge in [0.1, 0.15) is 5.75 Å². The molecule has 0 amide bonds. The second-order valence-electron chi connectivity index (χ2n) is 9.07. The third-order valence-electron chi connectivity index (χ3n) is 7.11. The lowest BCUT2D eigenvalue weighted by Crippen LogP contribution is -2.27. The highest BCUT2D eigenvalue weighted by Gasteiger charge is 2.31. The first-order valence-electron chi connectivity index (χ1n) is 11.3. The van der Waals surface area contributed by atoms with Crippen LogP contribution in [0.25, 0.3) is 0 Å². The van der Waals surface area contributed by atoms with Crippen LogP contribution in [0.2, 0.25) is 0 Å². The summed E-state index contributed by atoms with van der Waals surface area (Å²) in [6.45, 7) is 2.73. The highest BCUT2D eigenvalue weighted by Crippen LogP contribution is 2.42. The van der Waals surface area contributed by atoms with Crippen molar-refractivity contribution < 1.29 is 17.9 Å². The maximum atomic E-state index is 13.3. The summed E-state index contributed by atoms with van der Waals surface area (Å²) in [7, 11) is 0. The third-order valence-corrected chi connectivity index (χ3v) is 7.11. The molecule has 0 aliphatic heterocycles. The summed E-state index contributed by atoms with van der Waals surface area (Å²) in [5, 5.41) is 0. The fourth-order valence-corrected chi connectivity index (χ4v) is 5.29. The number of hydrogen-bond acceptors (Lipinski definition) is 1. The van der Waals surface area contributed by atoms with Crippen LogP contribution in [0.15, 0.2) is 12.1 Å². The Bertz CT molecular complexity index is 579. The topological polar surface area (TPSA) is 9.23 Å². The Morgan fingerprint density at radius 2 is 1.32 bits per heavy atom. The molecule has 158 valence electrons. The Morgan fingerprint density at radius 3 is 1.86 bits per heavy atom. The molecule has 1 nitrogen and oxygen atoms in total. The van der Waals surface area contributed by atoms with Gasteiger partial charge in [-0.1, -0.05) is 45.4 Å². The fraction of sp³-hybridized carbons (Fsp3) is 0.750. The summed E-state index contributed by atoms with van der Waals surface area (Å²) in [5.41, 5.74) is 0. The lowest BCUT2D eigenvalue weighted by molar-refractivity contribution is 0.121. The highest BCUT2D eigenvalue weighted by atomic mass is 19.2. The number of unbranched alkanes of at least 4 members (excludes halogenated alkanes) is 2. The van der Waals surface area contributed by atoms with E-state index < -0.39 is 17.5 Å². The van der Waals surface area contributed by atoms with Crippen molar-refractivity contribution in [3.8, 4) is 5.75 Å². The molecule has 4 heteroatoms. The van der Waals surface area contributed by atoms with Crippen LogP contribution in [-0.4, -0.2) is 6.61 Å². The fourth-order valence-electron chi connectivity index (χ4n) is 5.29. The molecule has 0 N–H and O–H groups in total. The molecule has 2 aliphatic carbocycles. The Labute approximate surface area is 168 Å². The van der Waals surface area contributed by atoms with E-state index in [1.807, 2.05) is 0 Å². The zero-order chi connectivity index (χ0) is 19.9. The van der Waals surface area contributed by atoms with Gasteiger partial charge in [-0.2, -0.15) is 0 Å². The molecule has 0 saturated heterocycles. The van der Waals surface area contributed by atoms with E-state index in [4.69, 9.17) is 4.74 Å². The Morgan fingerprint density at radius 1 is 0.786 bits per heavy atom. The minimum atomic E-state index is -1.44. The molecule has 0 aromatic heterocycles. The van der Waals surface area contributed by atoms with E-state index in [-0.39, 0.29) is 5.75 Å². The van der Waals surface area contributed by atoms with Crippen molar-refractivity contribution in [2.45, 2.75) is 84.0 Å². The van der Waals surface area contributed by atoms with Crippen molar-refractivity contribution in [1.29, 1.82) is 0 Å². The number of ether oxygens (including phenoxy) is 1. The first-order valence-corrected chi connectivity index (χ1v) is 11.3. The van der Waals surface area contributed by atoms with Gasteiger partial charge in [-0.3, -0.25) is 0 Å². The van der Waals surface area contributed by atoms with Crippen LogP contribution in [0.4, 0.5) is 13.2 Å². The van der Waals surface area contributed by atoms with Crippen molar-refractivity contribution in [2.75, 3.05) is 6.61 Å². The molecular formula is C24H35F3O. The van der Waals surface area contributed by atoms with E-state index in [0.717, 1.165) is 42.7 Å². The van der Waals surface area contributed by atoms with Crippen LogP contribution in [0, 0.1) is 41.1 Å². The Kier molecular flexibility index (Phi) is 8.11. The standard InChI is InChI=1S/C24H35F3O/c1-2-3-4-5-17-6-10-19(11-7-17)20-12-8-18(9-13-20)16-28-21-14-22(25)24(27)23(26)15-21/h14-15,17-20H,2-13,16H2,1H3. The SMILES string of the molecule is CCCCCC1CCC(C2CCC(COc3cc(F)c(F)c(F)c3)CC2)CC1. The number of halogens is 3. The first kappa shape index (κ1) is 21.5. The van der Waals surface area contributed by atoms with Gasteiger partial charge in [0.15, 0.2) is 17.5 Å². The molecule has 0 bridgehead atoms. The monoisotopic (exact) mass is 396 g/mol. The number of benzene rings is 1. The van der Waals surface area contributed by atoms with Crippen LogP contribution in [0.5, 0.6) is 5.75 Å². The van der Waals surface area contributed by atoms with Gasteiger partial charge >= 0.3 is 0 Å². The van der Waals surface area contributed by atoms with E-state index in [2.05, 4.69) is 6.92 Å². The van der Waals surface area contributed by atoms with E-state index in [0.29, 0.717) is 12.5 Å². The number of rotatable bonds is 8. The summed E-state index contributed by atoms with van der Waals surface area (Å²) in [4.78, 5) is 0. The summed E-state index contributed by atoms with van der Waals surface area (Å²) in [6.07, 6.45) is 15.9. The highest BCUT2D eigenvalue weighted by molar-refractivity contribution is 5.25. The molecule has 2 fully saturated rings. The zero-order valence-corrected chi connectivity index (χ0v) is 17.2. The molecule has 0 radical (unpaired) electrons. The van der Waals surface area contributed by atoms with E-state index in [9.17, 15) is 13.2 Å². The molecule has 0 atom stereocenters. The van der Waals surface area contributed by atoms with Gasteiger partial charge in [-0.05, 0) is 62.2 Å². The van der Waals surface area contributed by atoms with Crippen molar-refractivity contribution in [3.05, 3.63) is 29.6 Å². The van der Waals surface area contributed by atoms with Crippen LogP contribution >= 0.6 is 0 Å². The van der Waals surface area contributed by atoms with Gasteiger partial charge in [-0.15, -0.1) is 0 Å². The summed E-state index contributed by atoms with van der Waals surface area (Å²) in [6, 6.07) is 1.87. The molecule has 0 heterocycles. The van der Waals surface area contributed by atoms with Crippen LogP contribution < -0.4 is 4.74 Å². The van der Waals surface area contributed by atoms with E-state index in [1.165, 1.54) is 64.2 Å². The van der Waals surface area contributed by atoms with Gasteiger partial charge in [0, 0.05) is 12.1 Å². The third kappa shape index (κ3) is 5.90. The molecule has 28 heavy (non-hydrogen) atoms. The van der Waals surface area contributed by atoms with Crippen molar-refractivity contribution >= 4 is 0 Å². The van der Waals surface area contributed by atoms with Crippen LogP contribution in [-0.2, 0) is 0 Å². The van der Waals surface area contributed by atoms with Crippen molar-refractivity contribution in [3.63, 3.8) is 0 Å². The van der Waals surface area contributed by atoms with Gasteiger partial charge in [0.25, 0.3) is 0 Å². The second-order valence-corrected chi connectivity index (χ2v) is 9.07. The predicted octanol–water partition coefficient (Wildman–Crippen LogP) is 7.68. The lowest BCUT2D eigenvalue weighted by atomic mass is 9.69. The predicted molar refractivity (Wildman–Crippen MR) is 107 cm³/mol. The maximum Gasteiger partial charge on any atom is 0.194 e. The van der Waals surface area contributed by atoms with Gasteiger partial charge in [0.2, 0.25) is 0 Å². The normalized spacial score (nSPS) is 28.3. The second kappa shape index (κ2) is 10.5. The average Bonchev–Trinajstić information content (AvgIpc) is 2.71. The maximum absolute atomic E-state index is 13.3. The molecule has 2 saturated carbocycles. The number of hydrogen-bond donors (Lipinski definition) is 0. The molecule has 0 spiro atoms.